The molecule has 0 aliphatic rings. The Bertz CT molecular complexity index is 349. The van der Waals surface area contributed by atoms with Crippen LogP contribution in [0.4, 0.5) is 0 Å². The lowest BCUT2D eigenvalue weighted by molar-refractivity contribution is 0.0513. The van der Waals surface area contributed by atoms with Crippen molar-refractivity contribution in [3.63, 3.8) is 0 Å². The van der Waals surface area contributed by atoms with Crippen LogP contribution in [0.25, 0.3) is 0 Å². The quantitative estimate of drug-likeness (QED) is 0.372. The van der Waals surface area contributed by atoms with Gasteiger partial charge in [-0.3, -0.25) is 0 Å². The molecule has 0 saturated carbocycles. The molecule has 0 saturated heterocycles. The van der Waals surface area contributed by atoms with Gasteiger partial charge in [0.05, 0.1) is 6.10 Å². The zero-order valence-electron chi connectivity index (χ0n) is 14.4. The Labute approximate surface area is 136 Å². The molecule has 124 valence electrons. The largest absolute Gasteiger partial charge is 0.639 e. The molecular formula is C18H31BO3. The molecule has 0 N–H and O–H groups in total. The molecule has 3 nitrogen and oxygen atoms in total. The summed E-state index contributed by atoms with van der Waals surface area (Å²) in [5, 5.41) is 0. The van der Waals surface area contributed by atoms with Gasteiger partial charge in [-0.05, 0) is 24.8 Å². The number of hydrogen-bond donors (Lipinski definition) is 0. The molecule has 1 aromatic rings. The van der Waals surface area contributed by atoms with E-state index >= 15 is 0 Å². The molecule has 1 unspecified atom stereocenters. The van der Waals surface area contributed by atoms with Gasteiger partial charge in [0.25, 0.3) is 0 Å². The van der Waals surface area contributed by atoms with Gasteiger partial charge in [-0.15, -0.1) is 0 Å². The van der Waals surface area contributed by atoms with Gasteiger partial charge in [-0.25, -0.2) is 0 Å². The molecule has 0 fully saturated rings. The highest BCUT2D eigenvalue weighted by molar-refractivity contribution is 6.36. The molecule has 0 heterocycles. The second-order valence-corrected chi connectivity index (χ2v) is 5.56. The molecule has 0 spiro atoms. The molecule has 0 aliphatic heterocycles. The topological polar surface area (TPSA) is 27.7 Å². The van der Waals surface area contributed by atoms with Crippen LogP contribution in [-0.2, 0) is 14.0 Å². The standard InChI is InChI=1S/C18H31BO3/c1-4-7-15-20-19(21-16-8-5-2)22-18(12-6-3)17-13-10-9-11-14-17/h9-11,13-14,18H,4-8,12,15-16H2,1-3H3. The fourth-order valence-corrected chi connectivity index (χ4v) is 2.15. The summed E-state index contributed by atoms with van der Waals surface area (Å²) in [7, 11) is -0.560. The van der Waals surface area contributed by atoms with Gasteiger partial charge in [0.1, 0.15) is 0 Å². The summed E-state index contributed by atoms with van der Waals surface area (Å²) in [6.45, 7) is 7.84. The van der Waals surface area contributed by atoms with Crippen LogP contribution in [0, 0.1) is 0 Å². The van der Waals surface area contributed by atoms with Gasteiger partial charge in [0.15, 0.2) is 0 Å². The first-order valence-electron chi connectivity index (χ1n) is 8.75. The molecule has 0 radical (unpaired) electrons. The third kappa shape index (κ3) is 7.97. The molecular weight excluding hydrogens is 275 g/mol. The Balaban J connectivity index is 2.60. The number of hydrogen-bond acceptors (Lipinski definition) is 3. The van der Waals surface area contributed by atoms with Crippen molar-refractivity contribution in [3.05, 3.63) is 35.9 Å². The van der Waals surface area contributed by atoms with E-state index in [2.05, 4.69) is 32.9 Å². The van der Waals surface area contributed by atoms with E-state index in [4.69, 9.17) is 14.0 Å². The van der Waals surface area contributed by atoms with Crippen molar-refractivity contribution in [2.24, 2.45) is 0 Å². The molecule has 0 aromatic heterocycles. The Morgan fingerprint density at radius 1 is 0.864 bits per heavy atom. The van der Waals surface area contributed by atoms with Crippen LogP contribution in [0.15, 0.2) is 30.3 Å². The van der Waals surface area contributed by atoms with Gasteiger partial charge in [0, 0.05) is 13.2 Å². The average Bonchev–Trinajstić information content (AvgIpc) is 2.55. The zero-order valence-corrected chi connectivity index (χ0v) is 14.4. The van der Waals surface area contributed by atoms with Crippen molar-refractivity contribution < 1.29 is 14.0 Å². The summed E-state index contributed by atoms with van der Waals surface area (Å²) >= 11 is 0. The summed E-state index contributed by atoms with van der Waals surface area (Å²) in [6.07, 6.45) is 6.34. The molecule has 1 aromatic carbocycles. The van der Waals surface area contributed by atoms with Crippen LogP contribution < -0.4 is 0 Å². The monoisotopic (exact) mass is 306 g/mol. The SMILES string of the molecule is CCCCOB(OCCCC)OC(CCC)c1ccccc1. The van der Waals surface area contributed by atoms with Gasteiger partial charge in [-0.2, -0.15) is 0 Å². The predicted molar refractivity (Wildman–Crippen MR) is 92.7 cm³/mol. The summed E-state index contributed by atoms with van der Waals surface area (Å²) < 4.78 is 17.7. The van der Waals surface area contributed by atoms with Crippen molar-refractivity contribution in [1.29, 1.82) is 0 Å². The smallest absolute Gasteiger partial charge is 0.386 e. The van der Waals surface area contributed by atoms with Gasteiger partial charge >= 0.3 is 7.32 Å². The minimum atomic E-state index is -0.560. The molecule has 1 rings (SSSR count). The maximum atomic E-state index is 6.13. The van der Waals surface area contributed by atoms with Crippen LogP contribution in [-0.4, -0.2) is 20.5 Å². The molecule has 0 aliphatic carbocycles. The molecule has 1 atom stereocenters. The molecule has 22 heavy (non-hydrogen) atoms. The highest BCUT2D eigenvalue weighted by Crippen LogP contribution is 2.24. The third-order valence-corrected chi connectivity index (χ3v) is 3.50. The minimum Gasteiger partial charge on any atom is -0.386 e. The van der Waals surface area contributed by atoms with E-state index in [1.54, 1.807) is 0 Å². The lowest BCUT2D eigenvalue weighted by Gasteiger charge is -2.22. The molecule has 0 bridgehead atoms. The Kier molecular flexibility index (Phi) is 11.1. The first-order valence-corrected chi connectivity index (χ1v) is 8.75. The van der Waals surface area contributed by atoms with Crippen LogP contribution in [0.2, 0.25) is 0 Å². The fourth-order valence-electron chi connectivity index (χ4n) is 2.15. The predicted octanol–water partition coefficient (Wildman–Crippen LogP) is 5.16. The van der Waals surface area contributed by atoms with E-state index in [9.17, 15) is 0 Å². The van der Waals surface area contributed by atoms with Gasteiger partial charge in [0.2, 0.25) is 0 Å². The summed E-state index contributed by atoms with van der Waals surface area (Å²) in [5.41, 5.74) is 1.19. The van der Waals surface area contributed by atoms with Crippen molar-refractivity contribution in [2.45, 2.75) is 65.4 Å². The average molecular weight is 306 g/mol. The Morgan fingerprint density at radius 3 is 1.95 bits per heavy atom. The lowest BCUT2D eigenvalue weighted by atomic mass is 10.0. The minimum absolute atomic E-state index is 0.0273. The highest BCUT2D eigenvalue weighted by Gasteiger charge is 2.26. The number of unbranched alkanes of at least 4 members (excludes halogenated alkanes) is 2. The number of benzene rings is 1. The van der Waals surface area contributed by atoms with E-state index < -0.39 is 7.32 Å². The Morgan fingerprint density at radius 2 is 1.45 bits per heavy atom. The zero-order chi connectivity index (χ0) is 16.0. The highest BCUT2D eigenvalue weighted by atomic mass is 16.7. The normalized spacial score (nSPS) is 12.3. The summed E-state index contributed by atoms with van der Waals surface area (Å²) in [5.74, 6) is 0. The van der Waals surface area contributed by atoms with Crippen molar-refractivity contribution >= 4 is 7.32 Å². The second-order valence-electron chi connectivity index (χ2n) is 5.56. The van der Waals surface area contributed by atoms with Gasteiger partial charge in [-0.1, -0.05) is 70.4 Å². The van der Waals surface area contributed by atoms with Crippen LogP contribution in [0.3, 0.4) is 0 Å². The lowest BCUT2D eigenvalue weighted by Crippen LogP contribution is -2.30. The van der Waals surface area contributed by atoms with Crippen molar-refractivity contribution in [3.8, 4) is 0 Å². The van der Waals surface area contributed by atoms with Crippen LogP contribution in [0.5, 0.6) is 0 Å². The van der Waals surface area contributed by atoms with Crippen LogP contribution in [0.1, 0.15) is 71.0 Å². The summed E-state index contributed by atoms with van der Waals surface area (Å²) in [4.78, 5) is 0. The van der Waals surface area contributed by atoms with E-state index in [1.165, 1.54) is 5.56 Å². The van der Waals surface area contributed by atoms with Crippen molar-refractivity contribution in [1.82, 2.24) is 0 Å². The summed E-state index contributed by atoms with van der Waals surface area (Å²) in [6, 6.07) is 10.3. The van der Waals surface area contributed by atoms with E-state index in [0.717, 1.165) is 38.5 Å². The van der Waals surface area contributed by atoms with E-state index in [-0.39, 0.29) is 6.10 Å². The molecule has 0 amide bonds. The first kappa shape index (κ1) is 19.2. The fraction of sp³-hybridized carbons (Fsp3) is 0.667. The van der Waals surface area contributed by atoms with Crippen molar-refractivity contribution in [2.75, 3.05) is 13.2 Å². The maximum absolute atomic E-state index is 6.13. The molecule has 4 heteroatoms. The maximum Gasteiger partial charge on any atom is 0.639 e. The Hall–Kier alpha value is -0.835. The third-order valence-electron chi connectivity index (χ3n) is 3.50. The van der Waals surface area contributed by atoms with Crippen LogP contribution >= 0.6 is 0 Å². The number of rotatable bonds is 13. The first-order chi connectivity index (χ1) is 10.8. The van der Waals surface area contributed by atoms with Gasteiger partial charge < -0.3 is 14.0 Å². The second kappa shape index (κ2) is 12.7. The van der Waals surface area contributed by atoms with E-state index in [0.29, 0.717) is 13.2 Å². The van der Waals surface area contributed by atoms with E-state index in [1.807, 2.05) is 18.2 Å².